The van der Waals surface area contributed by atoms with Crippen LogP contribution in [0.4, 0.5) is 0 Å². The fourth-order valence-electron chi connectivity index (χ4n) is 3.32. The SMILES string of the molecule is CCOc1cc(CN2CCN(Cc3ccccc3Br)CC2)ccc1OC. The van der Waals surface area contributed by atoms with Crippen molar-refractivity contribution in [2.75, 3.05) is 39.9 Å². The third kappa shape index (κ3) is 5.00. The predicted molar refractivity (Wildman–Crippen MR) is 109 cm³/mol. The summed E-state index contributed by atoms with van der Waals surface area (Å²) in [4.78, 5) is 5.03. The second-order valence-electron chi connectivity index (χ2n) is 6.56. The molecule has 2 aromatic rings. The van der Waals surface area contributed by atoms with Gasteiger partial charge in [0.2, 0.25) is 0 Å². The van der Waals surface area contributed by atoms with Crippen molar-refractivity contribution in [1.82, 2.24) is 9.80 Å². The van der Waals surface area contributed by atoms with Gasteiger partial charge in [-0.25, -0.2) is 0 Å². The molecular formula is C21H27BrN2O2. The van der Waals surface area contributed by atoms with Crippen LogP contribution in [-0.4, -0.2) is 49.7 Å². The first-order valence-corrected chi connectivity index (χ1v) is 9.96. The second-order valence-corrected chi connectivity index (χ2v) is 7.42. The molecule has 0 saturated carbocycles. The molecule has 1 saturated heterocycles. The summed E-state index contributed by atoms with van der Waals surface area (Å²) in [5.74, 6) is 1.63. The van der Waals surface area contributed by atoms with Crippen LogP contribution in [0.1, 0.15) is 18.1 Å². The van der Waals surface area contributed by atoms with Crippen LogP contribution in [0.2, 0.25) is 0 Å². The van der Waals surface area contributed by atoms with Crippen molar-refractivity contribution < 1.29 is 9.47 Å². The Balaban J connectivity index is 1.54. The Morgan fingerprint density at radius 3 is 2.27 bits per heavy atom. The molecule has 0 aliphatic carbocycles. The molecule has 4 nitrogen and oxygen atoms in total. The van der Waals surface area contributed by atoms with Gasteiger partial charge in [-0.3, -0.25) is 9.80 Å². The van der Waals surface area contributed by atoms with Crippen molar-refractivity contribution >= 4 is 15.9 Å². The van der Waals surface area contributed by atoms with Gasteiger partial charge in [-0.15, -0.1) is 0 Å². The number of rotatable bonds is 7. The lowest BCUT2D eigenvalue weighted by atomic mass is 10.1. The van der Waals surface area contributed by atoms with Crippen molar-refractivity contribution in [3.05, 3.63) is 58.1 Å². The Kier molecular flexibility index (Phi) is 6.94. The third-order valence-corrected chi connectivity index (χ3v) is 5.52. The molecule has 0 amide bonds. The molecule has 1 aliphatic heterocycles. The van der Waals surface area contributed by atoms with Gasteiger partial charge in [0.15, 0.2) is 11.5 Å². The Morgan fingerprint density at radius 1 is 0.923 bits per heavy atom. The smallest absolute Gasteiger partial charge is 0.161 e. The minimum atomic E-state index is 0.646. The van der Waals surface area contributed by atoms with Crippen molar-refractivity contribution in [3.8, 4) is 11.5 Å². The van der Waals surface area contributed by atoms with Crippen LogP contribution in [0.15, 0.2) is 46.9 Å². The minimum Gasteiger partial charge on any atom is -0.493 e. The van der Waals surface area contributed by atoms with E-state index >= 15 is 0 Å². The van der Waals surface area contributed by atoms with Gasteiger partial charge in [0.05, 0.1) is 13.7 Å². The maximum absolute atomic E-state index is 5.70. The fraction of sp³-hybridized carbons (Fsp3) is 0.429. The number of benzene rings is 2. The Bertz CT molecular complexity index is 715. The Morgan fingerprint density at radius 2 is 1.62 bits per heavy atom. The molecule has 1 fully saturated rings. The van der Waals surface area contributed by atoms with Crippen molar-refractivity contribution in [3.63, 3.8) is 0 Å². The van der Waals surface area contributed by atoms with Crippen molar-refractivity contribution in [1.29, 1.82) is 0 Å². The summed E-state index contributed by atoms with van der Waals surface area (Å²) in [5.41, 5.74) is 2.63. The van der Waals surface area contributed by atoms with Crippen LogP contribution in [-0.2, 0) is 13.1 Å². The molecule has 140 valence electrons. The average Bonchev–Trinajstić information content (AvgIpc) is 2.66. The van der Waals surface area contributed by atoms with E-state index in [1.807, 2.05) is 13.0 Å². The first-order chi connectivity index (χ1) is 12.7. The first kappa shape index (κ1) is 19.2. The quantitative estimate of drug-likeness (QED) is 0.673. The molecule has 0 spiro atoms. The summed E-state index contributed by atoms with van der Waals surface area (Å²) < 4.78 is 12.3. The predicted octanol–water partition coefficient (Wildman–Crippen LogP) is 4.17. The molecule has 0 radical (unpaired) electrons. The largest absolute Gasteiger partial charge is 0.493 e. The van der Waals surface area contributed by atoms with Gasteiger partial charge in [-0.1, -0.05) is 40.2 Å². The summed E-state index contributed by atoms with van der Waals surface area (Å²) in [6.45, 7) is 8.95. The molecule has 0 atom stereocenters. The van der Waals surface area contributed by atoms with Crippen LogP contribution >= 0.6 is 15.9 Å². The molecule has 0 N–H and O–H groups in total. The van der Waals surface area contributed by atoms with Crippen LogP contribution in [0.25, 0.3) is 0 Å². The normalized spacial score (nSPS) is 15.8. The molecule has 1 heterocycles. The molecule has 0 bridgehead atoms. The first-order valence-electron chi connectivity index (χ1n) is 9.17. The van der Waals surface area contributed by atoms with Gasteiger partial charge in [0.1, 0.15) is 0 Å². The minimum absolute atomic E-state index is 0.646. The van der Waals surface area contributed by atoms with E-state index in [1.54, 1.807) is 7.11 Å². The van der Waals surface area contributed by atoms with E-state index in [4.69, 9.17) is 9.47 Å². The van der Waals surface area contributed by atoms with E-state index in [0.717, 1.165) is 50.8 Å². The molecule has 26 heavy (non-hydrogen) atoms. The van der Waals surface area contributed by atoms with Gasteiger partial charge >= 0.3 is 0 Å². The van der Waals surface area contributed by atoms with Gasteiger partial charge in [-0.2, -0.15) is 0 Å². The topological polar surface area (TPSA) is 24.9 Å². The zero-order valence-electron chi connectivity index (χ0n) is 15.6. The lowest BCUT2D eigenvalue weighted by molar-refractivity contribution is 0.121. The summed E-state index contributed by atoms with van der Waals surface area (Å²) in [7, 11) is 1.68. The Hall–Kier alpha value is -1.56. The molecule has 5 heteroatoms. The van der Waals surface area contributed by atoms with Crippen LogP contribution < -0.4 is 9.47 Å². The van der Waals surface area contributed by atoms with Crippen molar-refractivity contribution in [2.45, 2.75) is 20.0 Å². The highest BCUT2D eigenvalue weighted by Gasteiger charge is 2.18. The fourth-order valence-corrected chi connectivity index (χ4v) is 3.73. The summed E-state index contributed by atoms with van der Waals surface area (Å²) in [6.07, 6.45) is 0. The number of methoxy groups -OCH3 is 1. The van der Waals surface area contributed by atoms with E-state index in [9.17, 15) is 0 Å². The molecule has 1 aliphatic rings. The maximum atomic E-state index is 5.70. The lowest BCUT2D eigenvalue weighted by Crippen LogP contribution is -2.45. The van der Waals surface area contributed by atoms with Crippen LogP contribution in [0.5, 0.6) is 11.5 Å². The molecule has 0 aromatic heterocycles. The average molecular weight is 419 g/mol. The standard InChI is InChI=1S/C21H27BrN2O2/c1-3-26-21-14-17(8-9-20(21)25-2)15-23-10-12-24(13-11-23)16-18-6-4-5-7-19(18)22/h4-9,14H,3,10-13,15-16H2,1-2H3. The highest BCUT2D eigenvalue weighted by molar-refractivity contribution is 9.10. The second kappa shape index (κ2) is 9.40. The van der Waals surface area contributed by atoms with Crippen LogP contribution in [0.3, 0.4) is 0 Å². The molecular weight excluding hydrogens is 392 g/mol. The third-order valence-electron chi connectivity index (χ3n) is 4.75. The lowest BCUT2D eigenvalue weighted by Gasteiger charge is -2.35. The highest BCUT2D eigenvalue weighted by Crippen LogP contribution is 2.28. The molecule has 3 rings (SSSR count). The van der Waals surface area contributed by atoms with E-state index in [-0.39, 0.29) is 0 Å². The van der Waals surface area contributed by atoms with Gasteiger partial charge in [0.25, 0.3) is 0 Å². The van der Waals surface area contributed by atoms with E-state index in [0.29, 0.717) is 6.61 Å². The summed E-state index contributed by atoms with van der Waals surface area (Å²) in [5, 5.41) is 0. The number of hydrogen-bond donors (Lipinski definition) is 0. The summed E-state index contributed by atoms with van der Waals surface area (Å²) >= 11 is 3.65. The van der Waals surface area contributed by atoms with Crippen LogP contribution in [0, 0.1) is 0 Å². The van der Waals surface area contributed by atoms with Gasteiger partial charge in [0, 0.05) is 43.7 Å². The number of nitrogens with zero attached hydrogens (tertiary/aromatic N) is 2. The summed E-state index contributed by atoms with van der Waals surface area (Å²) in [6, 6.07) is 14.7. The van der Waals surface area contributed by atoms with Gasteiger partial charge in [-0.05, 0) is 36.2 Å². The zero-order chi connectivity index (χ0) is 18.4. The highest BCUT2D eigenvalue weighted by atomic mass is 79.9. The van der Waals surface area contributed by atoms with E-state index < -0.39 is 0 Å². The number of ether oxygens (including phenoxy) is 2. The number of hydrogen-bond acceptors (Lipinski definition) is 4. The number of piperazine rings is 1. The number of halogens is 1. The zero-order valence-corrected chi connectivity index (χ0v) is 17.2. The monoisotopic (exact) mass is 418 g/mol. The van der Waals surface area contributed by atoms with Crippen molar-refractivity contribution in [2.24, 2.45) is 0 Å². The maximum Gasteiger partial charge on any atom is 0.161 e. The Labute approximate surface area is 164 Å². The van der Waals surface area contributed by atoms with E-state index in [1.165, 1.54) is 15.6 Å². The molecule has 2 aromatic carbocycles. The molecule has 0 unspecified atom stereocenters. The van der Waals surface area contributed by atoms with Gasteiger partial charge < -0.3 is 9.47 Å². The van der Waals surface area contributed by atoms with E-state index in [2.05, 4.69) is 62.1 Å².